The van der Waals surface area contributed by atoms with Crippen molar-refractivity contribution in [3.05, 3.63) is 47.0 Å². The van der Waals surface area contributed by atoms with Crippen molar-refractivity contribution >= 4 is 21.7 Å². The maximum absolute atomic E-state index is 12.8. The molecule has 1 aliphatic heterocycles. The largest absolute Gasteiger partial charge is 0.456 e. The summed E-state index contributed by atoms with van der Waals surface area (Å²) in [5, 5.41) is 10.7. The third kappa shape index (κ3) is 5.12. The molecule has 1 aromatic rings. The second-order valence-corrected chi connectivity index (χ2v) is 7.91. The van der Waals surface area contributed by atoms with E-state index >= 15 is 0 Å². The molecule has 1 atom stereocenters. The Morgan fingerprint density at radius 3 is 2.74 bits per heavy atom. The van der Waals surface area contributed by atoms with E-state index in [1.807, 2.05) is 0 Å². The van der Waals surface area contributed by atoms with Gasteiger partial charge in [-0.3, -0.25) is 14.9 Å². The highest BCUT2D eigenvalue weighted by molar-refractivity contribution is 7.89. The number of sulfonamides is 1. The molecule has 27 heavy (non-hydrogen) atoms. The molecule has 10 heteroatoms. The maximum Gasteiger partial charge on any atom is 0.321 e. The van der Waals surface area contributed by atoms with E-state index in [2.05, 4.69) is 6.58 Å². The van der Waals surface area contributed by atoms with Gasteiger partial charge in [-0.2, -0.15) is 4.31 Å². The van der Waals surface area contributed by atoms with Crippen LogP contribution in [0.3, 0.4) is 0 Å². The third-order valence-corrected chi connectivity index (χ3v) is 5.69. The van der Waals surface area contributed by atoms with Crippen molar-refractivity contribution in [2.75, 3.05) is 26.7 Å². The summed E-state index contributed by atoms with van der Waals surface area (Å²) in [5.41, 5.74) is -1.33. The monoisotopic (exact) mass is 401 g/mol. The summed E-state index contributed by atoms with van der Waals surface area (Å²) >= 11 is 0. The molecule has 1 aliphatic rings. The average molecular weight is 401 g/mol. The number of carbonyl (C=O) groups excluding carboxylic acids is 1. The third-order valence-electron chi connectivity index (χ3n) is 4.11. The van der Waals surface area contributed by atoms with Crippen LogP contribution in [0.5, 0.6) is 0 Å². The second-order valence-electron chi connectivity index (χ2n) is 6.05. The first-order valence-electron chi connectivity index (χ1n) is 9.59. The number of nitrogens with zero attached hydrogens (tertiary/aromatic N) is 2. The van der Waals surface area contributed by atoms with Gasteiger partial charge in [-0.15, -0.1) is 6.58 Å². The molecule has 1 fully saturated rings. The number of nitro groups is 1. The lowest BCUT2D eigenvalue weighted by molar-refractivity contribution is -0.384. The normalized spacial score (nSPS) is 21.9. The van der Waals surface area contributed by atoms with Gasteiger partial charge in [-0.1, -0.05) is 6.08 Å². The van der Waals surface area contributed by atoms with Gasteiger partial charge in [-0.25, -0.2) is 8.42 Å². The van der Waals surface area contributed by atoms with Crippen LogP contribution in [0.1, 0.15) is 23.4 Å². The number of hydrogen-bond donors (Lipinski definition) is 0. The molecule has 1 aromatic carbocycles. The summed E-state index contributed by atoms with van der Waals surface area (Å²) in [7, 11) is -4.67. The molecule has 1 heterocycles. The van der Waals surface area contributed by atoms with Gasteiger partial charge in [0.05, 0.1) is 23.0 Å². The molecule has 0 aliphatic carbocycles. The molecular formula is C17H22N2O7S. The van der Waals surface area contributed by atoms with Crippen LogP contribution in [-0.2, 0) is 24.3 Å². The number of esters is 1. The highest BCUT2D eigenvalue weighted by Gasteiger charge is 2.38. The molecule has 0 aromatic heterocycles. The first-order chi connectivity index (χ1) is 13.9. The molecule has 9 nitrogen and oxygen atoms in total. The minimum absolute atomic E-state index is 0.0422. The number of rotatable bonds is 9. The van der Waals surface area contributed by atoms with Gasteiger partial charge in [0.25, 0.3) is 5.69 Å². The van der Waals surface area contributed by atoms with E-state index in [0.29, 0.717) is 25.9 Å². The van der Waals surface area contributed by atoms with E-state index in [0.717, 1.165) is 24.3 Å². The summed E-state index contributed by atoms with van der Waals surface area (Å²) < 4.78 is 59.2. The Kier molecular flexibility index (Phi) is 5.36. The Labute approximate surface area is 162 Å². The molecule has 0 bridgehead atoms. The van der Waals surface area contributed by atoms with Crippen LogP contribution in [0.15, 0.2) is 41.8 Å². The molecule has 0 N–H and O–H groups in total. The van der Waals surface area contributed by atoms with Crippen LogP contribution in [0, 0.1) is 10.1 Å². The molecule has 0 amide bonds. The minimum Gasteiger partial charge on any atom is -0.456 e. The Morgan fingerprint density at radius 1 is 1.52 bits per heavy atom. The fourth-order valence-electron chi connectivity index (χ4n) is 2.63. The number of benzene rings is 1. The predicted octanol–water partition coefficient (Wildman–Crippen LogP) is 1.88. The number of allylic oxidation sites excluding steroid dienone is 1. The zero-order valence-corrected chi connectivity index (χ0v) is 15.3. The van der Waals surface area contributed by atoms with Crippen molar-refractivity contribution in [3.8, 4) is 0 Å². The van der Waals surface area contributed by atoms with Crippen LogP contribution in [0.25, 0.3) is 0 Å². The Hall–Kier alpha value is -2.30. The minimum atomic E-state index is -4.67. The Bertz CT molecular complexity index is 895. The number of carbonyl (C=O) groups is 1. The Morgan fingerprint density at radius 2 is 2.22 bits per heavy atom. The van der Waals surface area contributed by atoms with Crippen molar-refractivity contribution in [1.29, 1.82) is 0 Å². The van der Waals surface area contributed by atoms with E-state index in [-0.39, 0.29) is 16.6 Å². The first-order valence-corrected chi connectivity index (χ1v) is 9.53. The summed E-state index contributed by atoms with van der Waals surface area (Å²) in [6.45, 7) is -0.144. The molecule has 0 saturated carbocycles. The van der Waals surface area contributed by atoms with E-state index in [4.69, 9.17) is 13.6 Å². The molecule has 148 valence electrons. The van der Waals surface area contributed by atoms with Gasteiger partial charge < -0.3 is 9.47 Å². The standard InChI is InChI=1S/C17H22N2O7S/c1-3-4-9-17(10-11-25-13-17)26-16(20)12-18(2)27(23,24)15-7-5-14(6-8-15)19(21)22/h3,5-8H,1,4,9-13H2,2H3/i2D3. The zero-order valence-electron chi connectivity index (χ0n) is 17.5. The second kappa shape index (κ2) is 8.59. The molecule has 0 radical (unpaired) electrons. The fraction of sp³-hybridized carbons (Fsp3) is 0.471. The number of ether oxygens (including phenoxy) is 2. The van der Waals surface area contributed by atoms with Crippen LogP contribution in [0.4, 0.5) is 5.69 Å². The van der Waals surface area contributed by atoms with Gasteiger partial charge in [0.2, 0.25) is 10.0 Å². The van der Waals surface area contributed by atoms with Gasteiger partial charge in [0, 0.05) is 29.6 Å². The summed E-state index contributed by atoms with van der Waals surface area (Å²) in [5.74, 6) is -1.04. The highest BCUT2D eigenvalue weighted by Crippen LogP contribution is 2.29. The Balaban J connectivity index is 2.25. The van der Waals surface area contributed by atoms with Crippen molar-refractivity contribution in [3.63, 3.8) is 0 Å². The number of likely N-dealkylation sites (N-methyl/N-ethyl adjacent to an activating group) is 1. The zero-order chi connectivity index (χ0) is 22.6. The number of non-ortho nitro benzene ring substituents is 1. The number of hydrogen-bond acceptors (Lipinski definition) is 7. The van der Waals surface area contributed by atoms with E-state index in [9.17, 15) is 23.3 Å². The molecular weight excluding hydrogens is 376 g/mol. The van der Waals surface area contributed by atoms with E-state index in [1.54, 1.807) is 6.08 Å². The topological polar surface area (TPSA) is 116 Å². The smallest absolute Gasteiger partial charge is 0.321 e. The molecule has 1 saturated heterocycles. The van der Waals surface area contributed by atoms with Crippen molar-refractivity contribution in [2.45, 2.75) is 29.8 Å². The lowest BCUT2D eigenvalue weighted by Crippen LogP contribution is -2.40. The lowest BCUT2D eigenvalue weighted by Gasteiger charge is -2.28. The van der Waals surface area contributed by atoms with Crippen LogP contribution in [0.2, 0.25) is 0 Å². The van der Waals surface area contributed by atoms with Crippen molar-refractivity contribution in [2.24, 2.45) is 0 Å². The maximum atomic E-state index is 12.8. The van der Waals surface area contributed by atoms with Gasteiger partial charge >= 0.3 is 5.97 Å². The lowest BCUT2D eigenvalue weighted by atomic mass is 9.96. The predicted molar refractivity (Wildman–Crippen MR) is 96.6 cm³/mol. The van der Waals surface area contributed by atoms with Crippen LogP contribution >= 0.6 is 0 Å². The summed E-state index contributed by atoms with van der Waals surface area (Å²) in [6, 6.07) is 3.69. The molecule has 0 spiro atoms. The van der Waals surface area contributed by atoms with Crippen molar-refractivity contribution < 1.29 is 31.7 Å². The van der Waals surface area contributed by atoms with Gasteiger partial charge in [0.1, 0.15) is 12.1 Å². The molecule has 2 rings (SSSR count). The quantitative estimate of drug-likeness (QED) is 0.268. The average Bonchev–Trinajstić information content (AvgIpc) is 3.12. The van der Waals surface area contributed by atoms with Crippen LogP contribution < -0.4 is 0 Å². The fourth-order valence-corrected chi connectivity index (χ4v) is 3.64. The van der Waals surface area contributed by atoms with Gasteiger partial charge in [0.15, 0.2) is 0 Å². The molecule has 1 unspecified atom stereocenters. The van der Waals surface area contributed by atoms with E-state index < -0.39 is 44.9 Å². The van der Waals surface area contributed by atoms with Gasteiger partial charge in [-0.05, 0) is 25.0 Å². The SMILES string of the molecule is [2H]C([2H])([2H])N(CC(=O)OC1(CCC=C)CCOC1)S(=O)(=O)c1ccc([N+](=O)[O-])cc1. The van der Waals surface area contributed by atoms with E-state index in [1.165, 1.54) is 0 Å². The van der Waals surface area contributed by atoms with Crippen molar-refractivity contribution in [1.82, 2.24) is 4.31 Å². The number of nitro benzene ring substituents is 1. The first kappa shape index (κ1) is 16.8. The summed E-state index contributed by atoms with van der Waals surface area (Å²) in [6.07, 6.45) is 2.98. The highest BCUT2D eigenvalue weighted by atomic mass is 32.2. The van der Waals surface area contributed by atoms with Crippen LogP contribution in [-0.4, -0.2) is 56.0 Å². The summed E-state index contributed by atoms with van der Waals surface area (Å²) in [4.78, 5) is 22.0.